The number of carbonyl (C=O) groups excluding carboxylic acids is 5. The maximum atomic E-state index is 17.9. The summed E-state index contributed by atoms with van der Waals surface area (Å²) in [6.07, 6.45) is -5.92. The van der Waals surface area contributed by atoms with Crippen molar-refractivity contribution in [3.63, 3.8) is 0 Å². The quantitative estimate of drug-likeness (QED) is 0.121. The highest BCUT2D eigenvalue weighted by Crippen LogP contribution is 2.71. The molecule has 0 aromatic heterocycles. The van der Waals surface area contributed by atoms with E-state index in [2.05, 4.69) is 0 Å². The molecule has 3 saturated carbocycles. The molecular formula is C52H82F2N2O15. The molecule has 0 spiro atoms. The summed E-state index contributed by atoms with van der Waals surface area (Å²) in [5.41, 5.74) is -11.3. The molecule has 19 heteroatoms. The lowest BCUT2D eigenvalue weighted by Crippen LogP contribution is -2.71. The molecular weight excluding hydrogens is 931 g/mol. The number of hydrogen-bond acceptors (Lipinski definition) is 17. The van der Waals surface area contributed by atoms with Gasteiger partial charge >= 0.3 is 23.9 Å². The highest BCUT2D eigenvalue weighted by molar-refractivity contribution is 6.01. The molecule has 0 aromatic carbocycles. The SMILES string of the molecule is CC[C@H]1OC(=O)[C@H](C)[C@@H](O)[C@H](C)[C@@H](O)[C@](C)(O)C[C@@H](C)CN(CCCN(CCC(=O)O[C@]2(C(=O)OC)[C@H](C)CC3C4C[C@H](F)C5=CC(=O)C=C[C@]5(C)[C@@]4(F)[C@@H](O)C[C@@]32C)CC(=O)OC)[C@H](C)[C@@H](O)[C@]1(C)O. The van der Waals surface area contributed by atoms with Crippen molar-refractivity contribution in [3.05, 3.63) is 23.8 Å². The molecule has 4 aliphatic carbocycles. The van der Waals surface area contributed by atoms with Gasteiger partial charge in [-0.15, -0.1) is 0 Å². The van der Waals surface area contributed by atoms with Gasteiger partial charge < -0.3 is 49.6 Å². The summed E-state index contributed by atoms with van der Waals surface area (Å²) >= 11 is 0. The number of nitrogens with zero attached hydrogens (tertiary/aromatic N) is 2. The van der Waals surface area contributed by atoms with E-state index in [1.165, 1.54) is 53.9 Å². The van der Waals surface area contributed by atoms with Gasteiger partial charge in [-0.3, -0.25) is 29.0 Å². The molecule has 0 radical (unpaired) electrons. The zero-order valence-corrected chi connectivity index (χ0v) is 43.7. The van der Waals surface area contributed by atoms with Gasteiger partial charge in [0.1, 0.15) is 24.0 Å². The lowest BCUT2D eigenvalue weighted by Gasteiger charge is -2.63. The second-order valence-corrected chi connectivity index (χ2v) is 22.6. The number of aliphatic hydroxyl groups excluding tert-OH is 4. The number of hydrogen-bond donors (Lipinski definition) is 6. The van der Waals surface area contributed by atoms with Gasteiger partial charge in [0.25, 0.3) is 0 Å². The number of allylic oxidation sites excluding steroid dienone is 4. The van der Waals surface area contributed by atoms with E-state index < -0.39 is 135 Å². The van der Waals surface area contributed by atoms with Crippen molar-refractivity contribution in [2.24, 2.45) is 46.3 Å². The van der Waals surface area contributed by atoms with Gasteiger partial charge in [0.15, 0.2) is 11.5 Å². The summed E-state index contributed by atoms with van der Waals surface area (Å²) in [5, 5.41) is 69.6. The van der Waals surface area contributed by atoms with Crippen LogP contribution in [0.5, 0.6) is 0 Å². The molecule has 17 nitrogen and oxygen atoms in total. The van der Waals surface area contributed by atoms with E-state index in [9.17, 15) is 54.6 Å². The number of ketones is 1. The maximum Gasteiger partial charge on any atom is 0.351 e. The van der Waals surface area contributed by atoms with Crippen molar-refractivity contribution in [1.29, 1.82) is 0 Å². The van der Waals surface area contributed by atoms with Crippen molar-refractivity contribution in [1.82, 2.24) is 9.80 Å². The van der Waals surface area contributed by atoms with E-state index in [-0.39, 0.29) is 82.7 Å². The fraction of sp³-hybridized carbons (Fsp3) is 0.827. The minimum atomic E-state index is -2.43. The Balaban J connectivity index is 1.37. The van der Waals surface area contributed by atoms with Crippen molar-refractivity contribution < 1.29 is 82.3 Å². The second-order valence-electron chi connectivity index (χ2n) is 22.6. The third kappa shape index (κ3) is 10.5. The second kappa shape index (κ2) is 21.8. The lowest BCUT2D eigenvalue weighted by molar-refractivity contribution is -0.238. The van der Waals surface area contributed by atoms with Crippen LogP contribution in [0.1, 0.15) is 114 Å². The number of fused-ring (bicyclic) bond motifs is 5. The van der Waals surface area contributed by atoms with Crippen molar-refractivity contribution in [3.8, 4) is 0 Å². The van der Waals surface area contributed by atoms with Crippen molar-refractivity contribution in [2.45, 2.75) is 179 Å². The first-order chi connectivity index (χ1) is 32.9. The van der Waals surface area contributed by atoms with Gasteiger partial charge in [0.05, 0.1) is 57.0 Å². The molecule has 6 N–H and O–H groups in total. The Morgan fingerprint density at radius 3 is 2.15 bits per heavy atom. The lowest BCUT2D eigenvalue weighted by atomic mass is 9.44. The molecule has 4 fully saturated rings. The molecule has 2 unspecified atom stereocenters. The summed E-state index contributed by atoms with van der Waals surface area (Å²) in [4.78, 5) is 70.3. The van der Waals surface area contributed by atoms with E-state index in [0.717, 1.165) is 13.2 Å². The highest BCUT2D eigenvalue weighted by atomic mass is 19.1. The number of methoxy groups -OCH3 is 2. The van der Waals surface area contributed by atoms with Gasteiger partial charge in [-0.25, -0.2) is 13.6 Å². The predicted molar refractivity (Wildman–Crippen MR) is 254 cm³/mol. The van der Waals surface area contributed by atoms with Crippen LogP contribution in [0.15, 0.2) is 23.8 Å². The van der Waals surface area contributed by atoms with Crippen LogP contribution in [0.3, 0.4) is 0 Å². The Morgan fingerprint density at radius 1 is 0.901 bits per heavy atom. The van der Waals surface area contributed by atoms with Gasteiger partial charge in [-0.05, 0) is 116 Å². The summed E-state index contributed by atoms with van der Waals surface area (Å²) in [5.74, 6) is -8.85. The maximum absolute atomic E-state index is 17.9. The van der Waals surface area contributed by atoms with Crippen LogP contribution in [0.2, 0.25) is 0 Å². The van der Waals surface area contributed by atoms with E-state index in [0.29, 0.717) is 6.42 Å². The third-order valence-corrected chi connectivity index (χ3v) is 17.8. The summed E-state index contributed by atoms with van der Waals surface area (Å²) in [6, 6.07) is -0.797. The standard InChI is InChI=1S/C52H82F2N2O15/c1-13-39-50(10,67)44(63)32(6)56(26-28(2)24-49(9,66)43(62)30(4)42(61)31(5)45(64)70-39)19-14-18-55(27-41(60)68-11)20-16-40(59)71-52(46(65)69-12)29(3)21-34-35-23-37(53)36-22-33(57)15-17-47(36,7)51(35,54)38(58)25-48(34,52)8/h15,17,22,28-32,34-35,37-39,42-44,58,61-63,66-67H,13-14,16,18-21,23-27H2,1-12H3/t28-,29-,30+,31-,32-,34?,35?,37+,38+,39-,42+,43-,44-,47+,48+,49-,50-,51+,52+/m1/s1. The Hall–Kier alpha value is -3.43. The van der Waals surface area contributed by atoms with Gasteiger partial charge in [-0.2, -0.15) is 0 Å². The zero-order valence-electron chi connectivity index (χ0n) is 43.7. The summed E-state index contributed by atoms with van der Waals surface area (Å²) in [6.45, 7) is 16.1. The van der Waals surface area contributed by atoms with E-state index in [1.54, 1.807) is 32.6 Å². The molecule has 5 aliphatic rings. The van der Waals surface area contributed by atoms with Crippen molar-refractivity contribution in [2.75, 3.05) is 46.9 Å². The summed E-state index contributed by atoms with van der Waals surface area (Å²) in [7, 11) is 2.35. The van der Waals surface area contributed by atoms with Crippen LogP contribution in [-0.2, 0) is 42.9 Å². The van der Waals surface area contributed by atoms with Crippen LogP contribution in [0.25, 0.3) is 0 Å². The largest absolute Gasteiger partial charge is 0.468 e. The average Bonchev–Trinajstić information content (AvgIpc) is 3.53. The van der Waals surface area contributed by atoms with Crippen molar-refractivity contribution >= 4 is 29.7 Å². The molecule has 1 saturated heterocycles. The molecule has 1 aliphatic heterocycles. The zero-order chi connectivity index (χ0) is 53.6. The molecule has 19 atom stereocenters. The minimum absolute atomic E-state index is 0.0429. The van der Waals surface area contributed by atoms with Crippen LogP contribution in [-0.4, -0.2) is 182 Å². The fourth-order valence-electron chi connectivity index (χ4n) is 13.7. The number of alkyl halides is 2. The topological polar surface area (TPSA) is 250 Å². The Kier molecular flexibility index (Phi) is 18.0. The minimum Gasteiger partial charge on any atom is -0.468 e. The fourth-order valence-corrected chi connectivity index (χ4v) is 13.7. The summed E-state index contributed by atoms with van der Waals surface area (Å²) < 4.78 is 56.4. The molecule has 0 amide bonds. The van der Waals surface area contributed by atoms with Crippen LogP contribution < -0.4 is 0 Å². The van der Waals surface area contributed by atoms with Crippen LogP contribution in [0.4, 0.5) is 8.78 Å². The number of cyclic esters (lactones) is 1. The smallest absolute Gasteiger partial charge is 0.351 e. The first-order valence-electron chi connectivity index (χ1n) is 25.3. The predicted octanol–water partition coefficient (Wildman–Crippen LogP) is 3.17. The van der Waals surface area contributed by atoms with E-state index in [4.69, 9.17) is 18.9 Å². The molecule has 0 bridgehead atoms. The molecule has 5 rings (SSSR count). The van der Waals surface area contributed by atoms with E-state index >= 15 is 8.78 Å². The van der Waals surface area contributed by atoms with Gasteiger partial charge in [-0.1, -0.05) is 40.7 Å². The Morgan fingerprint density at radius 2 is 1.55 bits per heavy atom. The monoisotopic (exact) mass is 1010 g/mol. The molecule has 71 heavy (non-hydrogen) atoms. The van der Waals surface area contributed by atoms with E-state index in [1.807, 2.05) is 11.8 Å². The average molecular weight is 1010 g/mol. The van der Waals surface area contributed by atoms with Crippen LogP contribution in [0, 0.1) is 46.3 Å². The van der Waals surface area contributed by atoms with Crippen LogP contribution >= 0.6 is 0 Å². The third-order valence-electron chi connectivity index (χ3n) is 17.8. The number of aliphatic hydroxyl groups is 6. The highest BCUT2D eigenvalue weighted by Gasteiger charge is 2.78. The number of halogens is 2. The number of rotatable bonds is 12. The molecule has 0 aromatic rings. The first kappa shape index (κ1) is 58.5. The number of ether oxygens (including phenoxy) is 4. The van der Waals surface area contributed by atoms with Gasteiger partial charge in [0.2, 0.25) is 5.60 Å². The van der Waals surface area contributed by atoms with Gasteiger partial charge in [0, 0.05) is 47.7 Å². The number of carbonyl (C=O) groups is 5. The first-order valence-corrected chi connectivity index (χ1v) is 25.3. The molecule has 1 heterocycles. The Labute approximate surface area is 417 Å². The molecule has 404 valence electrons. The normalized spacial score (nSPS) is 44.5. The Bertz CT molecular complexity index is 2040. The number of esters is 4.